The lowest BCUT2D eigenvalue weighted by Crippen LogP contribution is -2.37. The molecule has 1 aromatic heterocycles. The van der Waals surface area contributed by atoms with Crippen LogP contribution in [-0.2, 0) is 17.6 Å². The topological polar surface area (TPSA) is 27.1 Å². The summed E-state index contributed by atoms with van der Waals surface area (Å²) in [6, 6.07) is 10.5. The quantitative estimate of drug-likeness (QED) is 0.272. The van der Waals surface area contributed by atoms with Gasteiger partial charge >= 0.3 is 0 Å². The van der Waals surface area contributed by atoms with Crippen molar-refractivity contribution in [1.29, 1.82) is 0 Å². The van der Waals surface area contributed by atoms with Crippen molar-refractivity contribution in [2.75, 3.05) is 13.8 Å². The summed E-state index contributed by atoms with van der Waals surface area (Å²) in [6.07, 6.45) is 5.76. The van der Waals surface area contributed by atoms with Gasteiger partial charge in [-0.05, 0) is 74.1 Å². The lowest BCUT2D eigenvalue weighted by Gasteiger charge is -2.37. The van der Waals surface area contributed by atoms with Gasteiger partial charge in [-0.3, -0.25) is 4.57 Å². The fourth-order valence-corrected chi connectivity index (χ4v) is 6.93. The van der Waals surface area contributed by atoms with E-state index in [0.29, 0.717) is 40.8 Å². The maximum atomic E-state index is 15.4. The molecule has 0 bridgehead atoms. The highest BCUT2D eigenvalue weighted by molar-refractivity contribution is 7.98. The molecule has 3 aromatic rings. The zero-order valence-corrected chi connectivity index (χ0v) is 23.2. The highest BCUT2D eigenvalue weighted by Gasteiger charge is 2.44. The average Bonchev–Trinajstić information content (AvgIpc) is 3.29. The van der Waals surface area contributed by atoms with Crippen molar-refractivity contribution in [2.24, 2.45) is 5.92 Å². The summed E-state index contributed by atoms with van der Waals surface area (Å²) in [6.45, 7) is 3.18. The summed E-state index contributed by atoms with van der Waals surface area (Å²) in [5.74, 6) is 0.0842. The minimum absolute atomic E-state index is 0.185. The van der Waals surface area contributed by atoms with Gasteiger partial charge in [-0.15, -0.1) is 0 Å². The SMILES string of the molecule is COc1cc(C2(CF)CCCc3nc(SCc4c(F)cccc4Cl)n(C4=CC=C(F)C(C)C4)c32)ccc1C. The number of hydrogen-bond acceptors (Lipinski definition) is 3. The molecule has 1 heterocycles. The normalized spacial score (nSPS) is 21.1. The van der Waals surface area contributed by atoms with Crippen LogP contribution >= 0.6 is 23.4 Å². The lowest BCUT2D eigenvalue weighted by atomic mass is 9.70. The van der Waals surface area contributed by atoms with Crippen LogP contribution < -0.4 is 4.74 Å². The summed E-state index contributed by atoms with van der Waals surface area (Å²) >= 11 is 7.67. The second-order valence-corrected chi connectivity index (χ2v) is 11.4. The van der Waals surface area contributed by atoms with Crippen LogP contribution in [0, 0.1) is 18.7 Å². The molecule has 5 rings (SSSR count). The van der Waals surface area contributed by atoms with Gasteiger partial charge in [0.25, 0.3) is 0 Å². The number of fused-ring (bicyclic) bond motifs is 1. The molecule has 0 N–H and O–H groups in total. The maximum Gasteiger partial charge on any atom is 0.173 e. The van der Waals surface area contributed by atoms with E-state index in [9.17, 15) is 8.78 Å². The van der Waals surface area contributed by atoms with Crippen molar-refractivity contribution >= 4 is 29.1 Å². The van der Waals surface area contributed by atoms with Crippen molar-refractivity contribution in [3.8, 4) is 5.75 Å². The molecule has 8 heteroatoms. The first kappa shape index (κ1) is 26.9. The Hall–Kier alpha value is -2.64. The van der Waals surface area contributed by atoms with Crippen LogP contribution in [0.3, 0.4) is 0 Å². The standard InChI is InChI=1S/C30H30ClF3N2OS/c1-18-9-10-20(15-27(18)37-3)30(17-32)13-5-8-26-28(30)36(21-11-12-24(33)19(2)14-21)29(35-26)38-16-22-23(31)6-4-7-25(22)34/h4,6-7,9-12,15,19H,5,8,13-14,16-17H2,1-3H3. The van der Waals surface area contributed by atoms with E-state index in [1.807, 2.05) is 36.6 Å². The molecule has 0 saturated carbocycles. The van der Waals surface area contributed by atoms with Gasteiger partial charge in [-0.25, -0.2) is 18.2 Å². The van der Waals surface area contributed by atoms with Crippen molar-refractivity contribution < 1.29 is 17.9 Å². The molecule has 2 aromatic carbocycles. The summed E-state index contributed by atoms with van der Waals surface area (Å²) in [7, 11) is 1.61. The second kappa shape index (κ2) is 10.9. The Labute approximate surface area is 230 Å². The molecule has 2 unspecified atom stereocenters. The van der Waals surface area contributed by atoms with Crippen LogP contribution in [-0.4, -0.2) is 23.3 Å². The number of benzene rings is 2. The molecule has 2 atom stereocenters. The minimum Gasteiger partial charge on any atom is -0.496 e. The Balaban J connectivity index is 1.69. The van der Waals surface area contributed by atoms with Gasteiger partial charge in [0.05, 0.1) is 23.9 Å². The number of ether oxygens (including phenoxy) is 1. The molecule has 200 valence electrons. The van der Waals surface area contributed by atoms with Crippen LogP contribution in [0.2, 0.25) is 5.02 Å². The van der Waals surface area contributed by atoms with E-state index in [1.54, 1.807) is 25.3 Å². The van der Waals surface area contributed by atoms with Gasteiger partial charge in [-0.2, -0.15) is 0 Å². The molecular formula is C30H30ClF3N2OS. The van der Waals surface area contributed by atoms with Crippen molar-refractivity contribution in [2.45, 2.75) is 55.9 Å². The average molecular weight is 559 g/mol. The zero-order valence-electron chi connectivity index (χ0n) is 21.7. The number of rotatable bonds is 7. The highest BCUT2D eigenvalue weighted by Crippen LogP contribution is 2.48. The molecular weight excluding hydrogens is 529 g/mol. The molecule has 3 nitrogen and oxygen atoms in total. The van der Waals surface area contributed by atoms with E-state index in [-0.39, 0.29) is 23.3 Å². The summed E-state index contributed by atoms with van der Waals surface area (Å²) < 4.78 is 52.0. The Morgan fingerprint density at radius 2 is 2.03 bits per heavy atom. The largest absolute Gasteiger partial charge is 0.496 e. The number of methoxy groups -OCH3 is 1. The van der Waals surface area contributed by atoms with Crippen molar-refractivity contribution in [3.63, 3.8) is 0 Å². The van der Waals surface area contributed by atoms with Crippen molar-refractivity contribution in [1.82, 2.24) is 9.55 Å². The molecule has 0 amide bonds. The molecule has 2 aliphatic rings. The van der Waals surface area contributed by atoms with E-state index in [1.165, 1.54) is 23.9 Å². The zero-order chi connectivity index (χ0) is 27.0. The Morgan fingerprint density at radius 1 is 1.21 bits per heavy atom. The van der Waals surface area contributed by atoms with Gasteiger partial charge in [0.1, 0.15) is 24.1 Å². The van der Waals surface area contributed by atoms with E-state index in [4.69, 9.17) is 21.3 Å². The first-order valence-electron chi connectivity index (χ1n) is 12.7. The maximum absolute atomic E-state index is 15.4. The first-order valence-corrected chi connectivity index (χ1v) is 14.1. The lowest BCUT2D eigenvalue weighted by molar-refractivity contribution is 0.301. The number of hydrogen-bond donors (Lipinski definition) is 0. The van der Waals surface area contributed by atoms with Gasteiger partial charge in [0.2, 0.25) is 0 Å². The number of alkyl halides is 1. The Bertz CT molecular complexity index is 1410. The van der Waals surface area contributed by atoms with E-state index in [0.717, 1.165) is 34.6 Å². The van der Waals surface area contributed by atoms with E-state index in [2.05, 4.69) is 0 Å². The number of halogens is 4. The smallest absolute Gasteiger partial charge is 0.173 e. The Morgan fingerprint density at radius 3 is 2.74 bits per heavy atom. The van der Waals surface area contributed by atoms with Gasteiger partial charge in [-0.1, -0.05) is 48.5 Å². The fourth-order valence-electron chi connectivity index (χ4n) is 5.54. The summed E-state index contributed by atoms with van der Waals surface area (Å²) in [5.41, 5.74) is 3.69. The molecule has 0 aliphatic heterocycles. The molecule has 38 heavy (non-hydrogen) atoms. The van der Waals surface area contributed by atoms with E-state index >= 15 is 4.39 Å². The van der Waals surface area contributed by atoms with Crippen LogP contribution in [0.15, 0.2) is 59.5 Å². The van der Waals surface area contributed by atoms with Gasteiger partial charge < -0.3 is 4.74 Å². The first-order chi connectivity index (χ1) is 18.3. The van der Waals surface area contributed by atoms with Gasteiger partial charge in [0.15, 0.2) is 5.16 Å². The predicted octanol–water partition coefficient (Wildman–Crippen LogP) is 8.61. The van der Waals surface area contributed by atoms with Crippen LogP contribution in [0.1, 0.15) is 54.3 Å². The number of allylic oxidation sites excluding steroid dienone is 4. The summed E-state index contributed by atoms with van der Waals surface area (Å²) in [4.78, 5) is 4.98. The molecule has 0 saturated heterocycles. The number of nitrogens with zero attached hydrogens (tertiary/aromatic N) is 2. The fraction of sp³-hybridized carbons (Fsp3) is 0.367. The van der Waals surface area contributed by atoms with Gasteiger partial charge in [0, 0.05) is 28.0 Å². The number of thioether (sulfide) groups is 1. The Kier molecular flexibility index (Phi) is 7.70. The third kappa shape index (κ3) is 4.68. The van der Waals surface area contributed by atoms with Crippen LogP contribution in [0.4, 0.5) is 13.2 Å². The molecule has 0 spiro atoms. The van der Waals surface area contributed by atoms with Crippen LogP contribution in [0.25, 0.3) is 5.70 Å². The molecule has 0 radical (unpaired) electrons. The van der Waals surface area contributed by atoms with Crippen molar-refractivity contribution in [3.05, 3.63) is 93.3 Å². The number of aromatic nitrogens is 2. The third-order valence-electron chi connectivity index (χ3n) is 7.69. The van der Waals surface area contributed by atoms with Crippen LogP contribution in [0.5, 0.6) is 5.75 Å². The summed E-state index contributed by atoms with van der Waals surface area (Å²) in [5, 5.41) is 0.975. The molecule has 0 fully saturated rings. The third-order valence-corrected chi connectivity index (χ3v) is 9.01. The highest BCUT2D eigenvalue weighted by atomic mass is 35.5. The monoisotopic (exact) mass is 558 g/mol. The second-order valence-electron chi connectivity index (χ2n) is 10.1. The number of aryl methyl sites for hydroxylation is 2. The van der Waals surface area contributed by atoms with E-state index < -0.39 is 12.1 Å². The number of imidazole rings is 1. The predicted molar refractivity (Wildman–Crippen MR) is 148 cm³/mol. The molecule has 2 aliphatic carbocycles. The minimum atomic E-state index is -0.945.